The Morgan fingerprint density at radius 3 is 2.33 bits per heavy atom. The number of allylic oxidation sites excluding steroid dienone is 12. The summed E-state index contributed by atoms with van der Waals surface area (Å²) in [5.41, 5.74) is 12.7. The second kappa shape index (κ2) is 14.2. The lowest BCUT2D eigenvalue weighted by Gasteiger charge is -2.40. The van der Waals surface area contributed by atoms with Crippen molar-refractivity contribution in [1.82, 2.24) is 0 Å². The highest BCUT2D eigenvalue weighted by molar-refractivity contribution is 5.84. The molecule has 0 fully saturated rings. The highest BCUT2D eigenvalue weighted by Crippen LogP contribution is 2.59. The van der Waals surface area contributed by atoms with E-state index in [2.05, 4.69) is 136 Å². The fraction of sp³-hybridized carbons (Fsp3) is 0.283. The van der Waals surface area contributed by atoms with Gasteiger partial charge in [-0.2, -0.15) is 0 Å². The van der Waals surface area contributed by atoms with E-state index < -0.39 is 0 Å². The van der Waals surface area contributed by atoms with Crippen LogP contribution >= 0.6 is 0 Å². The van der Waals surface area contributed by atoms with Gasteiger partial charge in [0.2, 0.25) is 0 Å². The zero-order valence-electron chi connectivity index (χ0n) is 29.0. The van der Waals surface area contributed by atoms with E-state index in [0.717, 1.165) is 43.2 Å². The lowest BCUT2D eigenvalue weighted by Crippen LogP contribution is -2.28. The Kier molecular flexibility index (Phi) is 9.83. The second-order valence-electron chi connectivity index (χ2n) is 14.5. The third kappa shape index (κ3) is 6.67. The van der Waals surface area contributed by atoms with Crippen LogP contribution in [-0.4, -0.2) is 17.9 Å². The zero-order chi connectivity index (χ0) is 33.7. The van der Waals surface area contributed by atoms with Gasteiger partial charge in [0.15, 0.2) is 0 Å². The molecular weight excluding hydrogens is 583 g/mol. The maximum atomic E-state index is 10.8. The molecule has 0 bridgehead atoms. The van der Waals surface area contributed by atoms with Gasteiger partial charge in [-0.15, -0.1) is 0 Å². The minimum atomic E-state index is -0.129. The summed E-state index contributed by atoms with van der Waals surface area (Å²) >= 11 is 0. The molecule has 2 heteroatoms. The van der Waals surface area contributed by atoms with E-state index in [1.807, 2.05) is 24.3 Å². The number of nitrogens with zero attached hydrogens (tertiary/aromatic N) is 1. The number of hydrogen-bond acceptors (Lipinski definition) is 2. The number of rotatable bonds is 11. The maximum Gasteiger partial charge on any atom is 0.128 e. The van der Waals surface area contributed by atoms with Gasteiger partial charge in [0, 0.05) is 23.1 Å². The molecule has 0 aromatic heterocycles. The third-order valence-electron chi connectivity index (χ3n) is 10.3. The Morgan fingerprint density at radius 2 is 1.62 bits per heavy atom. The van der Waals surface area contributed by atoms with Crippen molar-refractivity contribution in [2.24, 2.45) is 10.4 Å². The van der Waals surface area contributed by atoms with Crippen LogP contribution < -0.4 is 0 Å². The first-order valence-corrected chi connectivity index (χ1v) is 17.5. The zero-order valence-corrected chi connectivity index (χ0v) is 29.0. The maximum absolute atomic E-state index is 10.8. The van der Waals surface area contributed by atoms with Crippen molar-refractivity contribution in [2.75, 3.05) is 6.54 Å². The molecule has 6 rings (SSSR count). The summed E-state index contributed by atoms with van der Waals surface area (Å²) in [5, 5.41) is 10.8. The summed E-state index contributed by atoms with van der Waals surface area (Å²) in [5.74, 6) is 0.602. The lowest BCUT2D eigenvalue weighted by atomic mass is 9.63. The Bertz CT molecular complexity index is 1850. The van der Waals surface area contributed by atoms with E-state index in [1.54, 1.807) is 6.21 Å². The SMILES string of the molecule is C=C/C=C(\C=C/CN=Cc1cccc(C(C)(C)C)c1O)CCCC(C)(C1=CCC2=C1C=CCC=C2)C1c2ccccc2-c2ccccc21. The number of phenolic OH excluding ortho intramolecular Hbond substituents is 1. The molecule has 0 aliphatic heterocycles. The van der Waals surface area contributed by atoms with Crippen LogP contribution in [0, 0.1) is 5.41 Å². The summed E-state index contributed by atoms with van der Waals surface area (Å²) in [6.45, 7) is 13.4. The molecule has 244 valence electrons. The van der Waals surface area contributed by atoms with Crippen LogP contribution in [0.2, 0.25) is 0 Å². The molecule has 3 aromatic carbocycles. The van der Waals surface area contributed by atoms with Crippen LogP contribution in [0.25, 0.3) is 11.1 Å². The van der Waals surface area contributed by atoms with Gasteiger partial charge < -0.3 is 5.11 Å². The van der Waals surface area contributed by atoms with Crippen LogP contribution in [0.15, 0.2) is 155 Å². The van der Waals surface area contributed by atoms with E-state index in [1.165, 1.54) is 44.5 Å². The van der Waals surface area contributed by atoms with E-state index in [-0.39, 0.29) is 16.7 Å². The molecular formula is C46H49NO. The molecule has 1 unspecified atom stereocenters. The monoisotopic (exact) mass is 631 g/mol. The van der Waals surface area contributed by atoms with Gasteiger partial charge in [0.1, 0.15) is 5.75 Å². The highest BCUT2D eigenvalue weighted by atomic mass is 16.3. The molecule has 0 heterocycles. The predicted molar refractivity (Wildman–Crippen MR) is 205 cm³/mol. The van der Waals surface area contributed by atoms with Gasteiger partial charge in [-0.25, -0.2) is 0 Å². The molecule has 0 radical (unpaired) electrons. The molecule has 0 amide bonds. The predicted octanol–water partition coefficient (Wildman–Crippen LogP) is 11.9. The second-order valence-corrected chi connectivity index (χ2v) is 14.5. The molecule has 3 aromatic rings. The summed E-state index contributed by atoms with van der Waals surface area (Å²) in [6, 6.07) is 24.0. The fourth-order valence-electron chi connectivity index (χ4n) is 7.97. The number of hydrogen-bond donors (Lipinski definition) is 1. The Balaban J connectivity index is 1.23. The number of phenols is 1. The van der Waals surface area contributed by atoms with Crippen molar-refractivity contribution >= 4 is 6.21 Å². The number of aliphatic imine (C=N–C) groups is 1. The van der Waals surface area contributed by atoms with Crippen molar-refractivity contribution in [3.63, 3.8) is 0 Å². The number of benzene rings is 3. The molecule has 0 saturated carbocycles. The summed E-state index contributed by atoms with van der Waals surface area (Å²) < 4.78 is 0. The van der Waals surface area contributed by atoms with Gasteiger partial charge in [-0.05, 0) is 93.7 Å². The standard InChI is InChI=1S/C46H49NO/c1-6-17-33(19-16-31-47-32-35-21-14-27-42(44(35)48)45(2,3)4)18-15-30-46(5,41-29-28-34-20-8-7-9-22-36(34)41)43-39-25-12-10-23-37(39)38-24-11-13-26-40(38)43/h6,8-14,16-17,19-27,29,32,43,48H,1,7,15,18,28,30-31H2,2-5H3/b19-16-,33-17-,47-32?. The molecule has 1 N–H and O–H groups in total. The van der Waals surface area contributed by atoms with Crippen molar-refractivity contribution in [3.8, 4) is 16.9 Å². The van der Waals surface area contributed by atoms with Gasteiger partial charge in [0.05, 0.1) is 6.54 Å². The van der Waals surface area contributed by atoms with E-state index in [0.29, 0.717) is 12.3 Å². The lowest BCUT2D eigenvalue weighted by molar-refractivity contribution is 0.319. The first-order valence-electron chi connectivity index (χ1n) is 17.5. The highest BCUT2D eigenvalue weighted by Gasteiger charge is 2.45. The minimum Gasteiger partial charge on any atom is -0.507 e. The normalized spacial score (nSPS) is 17.4. The average Bonchev–Trinajstić information content (AvgIpc) is 3.55. The Morgan fingerprint density at radius 1 is 0.917 bits per heavy atom. The van der Waals surface area contributed by atoms with E-state index in [4.69, 9.17) is 0 Å². The van der Waals surface area contributed by atoms with Crippen LogP contribution in [0.1, 0.15) is 88.0 Å². The first-order chi connectivity index (χ1) is 23.2. The molecule has 2 nitrogen and oxygen atoms in total. The molecule has 1 atom stereocenters. The molecule has 48 heavy (non-hydrogen) atoms. The van der Waals surface area contributed by atoms with Crippen LogP contribution in [0.3, 0.4) is 0 Å². The van der Waals surface area contributed by atoms with Crippen molar-refractivity contribution in [1.29, 1.82) is 0 Å². The quantitative estimate of drug-likeness (QED) is 0.166. The largest absolute Gasteiger partial charge is 0.507 e. The van der Waals surface area contributed by atoms with Crippen LogP contribution in [-0.2, 0) is 5.41 Å². The van der Waals surface area contributed by atoms with Crippen molar-refractivity contribution in [2.45, 2.75) is 71.1 Å². The van der Waals surface area contributed by atoms with E-state index >= 15 is 0 Å². The van der Waals surface area contributed by atoms with Gasteiger partial charge in [0.25, 0.3) is 0 Å². The van der Waals surface area contributed by atoms with Gasteiger partial charge in [-0.1, -0.05) is 150 Å². The summed E-state index contributed by atoms with van der Waals surface area (Å²) in [7, 11) is 0. The average molecular weight is 632 g/mol. The number of aromatic hydroxyl groups is 1. The van der Waals surface area contributed by atoms with Crippen LogP contribution in [0.4, 0.5) is 0 Å². The van der Waals surface area contributed by atoms with Gasteiger partial charge >= 0.3 is 0 Å². The molecule has 0 saturated heterocycles. The molecule has 0 spiro atoms. The van der Waals surface area contributed by atoms with Crippen molar-refractivity contribution in [3.05, 3.63) is 173 Å². The number of fused-ring (bicyclic) bond motifs is 3. The Labute approximate surface area is 288 Å². The number of para-hydroxylation sites is 1. The van der Waals surface area contributed by atoms with Crippen LogP contribution in [0.5, 0.6) is 5.75 Å². The smallest absolute Gasteiger partial charge is 0.128 e. The van der Waals surface area contributed by atoms with E-state index in [9.17, 15) is 5.11 Å². The summed E-state index contributed by atoms with van der Waals surface area (Å²) in [6.07, 6.45) is 27.0. The molecule has 3 aliphatic rings. The summed E-state index contributed by atoms with van der Waals surface area (Å²) in [4.78, 5) is 4.62. The first kappa shape index (κ1) is 33.2. The third-order valence-corrected chi connectivity index (χ3v) is 10.3. The topological polar surface area (TPSA) is 32.6 Å². The van der Waals surface area contributed by atoms with Gasteiger partial charge in [-0.3, -0.25) is 4.99 Å². The fourth-order valence-corrected chi connectivity index (χ4v) is 7.97. The Hall–Kier alpha value is -4.69. The minimum absolute atomic E-state index is 0.0841. The molecule has 3 aliphatic carbocycles. The van der Waals surface area contributed by atoms with Crippen molar-refractivity contribution < 1.29 is 5.11 Å².